The zero-order valence-corrected chi connectivity index (χ0v) is 10.9. The third-order valence-electron chi connectivity index (χ3n) is 2.15. The van der Waals surface area contributed by atoms with Crippen LogP contribution in [0.5, 0.6) is 5.75 Å². The summed E-state index contributed by atoms with van der Waals surface area (Å²) in [6.45, 7) is 1.42. The molecular formula is C12H16Cl2O2. The van der Waals surface area contributed by atoms with Crippen LogP contribution in [0.4, 0.5) is 0 Å². The van der Waals surface area contributed by atoms with Gasteiger partial charge in [-0.25, -0.2) is 0 Å². The molecule has 0 saturated heterocycles. The third-order valence-corrected chi connectivity index (χ3v) is 2.75. The molecule has 0 bridgehead atoms. The lowest BCUT2D eigenvalue weighted by atomic mass is 10.2. The Bertz CT molecular complexity index is 316. The normalized spacial score (nSPS) is 10.4. The number of benzene rings is 1. The Hall–Kier alpha value is -0.440. The van der Waals surface area contributed by atoms with Crippen molar-refractivity contribution in [3.63, 3.8) is 0 Å². The second-order valence-corrected chi connectivity index (χ2v) is 4.12. The number of alkyl halides is 1. The third kappa shape index (κ3) is 4.60. The van der Waals surface area contributed by atoms with Crippen LogP contribution in [0.15, 0.2) is 18.2 Å². The first-order chi connectivity index (χ1) is 7.77. The molecule has 2 nitrogen and oxygen atoms in total. The summed E-state index contributed by atoms with van der Waals surface area (Å²) in [5, 5.41) is 0.616. The highest BCUT2D eigenvalue weighted by Crippen LogP contribution is 2.26. The maximum atomic E-state index is 6.04. The lowest BCUT2D eigenvalue weighted by Crippen LogP contribution is -2.00. The Morgan fingerprint density at radius 2 is 1.94 bits per heavy atom. The Balaban J connectivity index is 2.36. The second-order valence-electron chi connectivity index (χ2n) is 3.45. The first-order valence-electron chi connectivity index (χ1n) is 5.24. The average Bonchev–Trinajstić information content (AvgIpc) is 2.30. The molecule has 0 unspecified atom stereocenters. The van der Waals surface area contributed by atoms with E-state index in [1.54, 1.807) is 7.11 Å². The smallest absolute Gasteiger partial charge is 0.137 e. The van der Waals surface area contributed by atoms with Gasteiger partial charge in [0, 0.05) is 19.6 Å². The standard InChI is InChI=1S/C12H16Cl2O2/c1-15-6-2-3-7-16-12-5-4-10(9-13)8-11(12)14/h4-5,8H,2-3,6-7,9H2,1H3. The SMILES string of the molecule is COCCCCOc1ccc(CCl)cc1Cl. The van der Waals surface area contributed by atoms with Crippen molar-refractivity contribution in [2.45, 2.75) is 18.7 Å². The maximum Gasteiger partial charge on any atom is 0.137 e. The van der Waals surface area contributed by atoms with E-state index < -0.39 is 0 Å². The Morgan fingerprint density at radius 1 is 1.19 bits per heavy atom. The van der Waals surface area contributed by atoms with E-state index in [9.17, 15) is 0 Å². The first-order valence-corrected chi connectivity index (χ1v) is 6.15. The Labute approximate surface area is 106 Å². The van der Waals surface area contributed by atoms with Gasteiger partial charge in [-0.1, -0.05) is 17.7 Å². The molecule has 1 rings (SSSR count). The van der Waals surface area contributed by atoms with Gasteiger partial charge < -0.3 is 9.47 Å². The molecule has 1 aromatic carbocycles. The molecule has 0 aliphatic rings. The van der Waals surface area contributed by atoms with Crippen molar-refractivity contribution in [1.29, 1.82) is 0 Å². The molecule has 0 aromatic heterocycles. The Morgan fingerprint density at radius 3 is 2.56 bits per heavy atom. The summed E-state index contributed by atoms with van der Waals surface area (Å²) in [6.07, 6.45) is 1.95. The molecule has 0 radical (unpaired) electrons. The summed E-state index contributed by atoms with van der Waals surface area (Å²) in [7, 11) is 1.70. The van der Waals surface area contributed by atoms with Crippen molar-refractivity contribution in [1.82, 2.24) is 0 Å². The molecule has 0 spiro atoms. The van der Waals surface area contributed by atoms with Crippen molar-refractivity contribution in [2.75, 3.05) is 20.3 Å². The molecule has 0 N–H and O–H groups in total. The summed E-state index contributed by atoms with van der Waals surface area (Å²) in [4.78, 5) is 0. The zero-order valence-electron chi connectivity index (χ0n) is 9.34. The van der Waals surface area contributed by atoms with E-state index in [1.807, 2.05) is 18.2 Å². The van der Waals surface area contributed by atoms with Crippen LogP contribution in [-0.4, -0.2) is 20.3 Å². The molecule has 0 saturated carbocycles. The van der Waals surface area contributed by atoms with E-state index in [4.69, 9.17) is 32.7 Å². The predicted octanol–water partition coefficient (Wildman–Crippen LogP) is 3.88. The zero-order chi connectivity index (χ0) is 11.8. The molecule has 16 heavy (non-hydrogen) atoms. The van der Waals surface area contributed by atoms with Gasteiger partial charge in [-0.3, -0.25) is 0 Å². The van der Waals surface area contributed by atoms with Crippen LogP contribution in [0.2, 0.25) is 5.02 Å². The summed E-state index contributed by atoms with van der Waals surface area (Å²) < 4.78 is 10.5. The number of halogens is 2. The van der Waals surface area contributed by atoms with E-state index >= 15 is 0 Å². The van der Waals surface area contributed by atoms with Gasteiger partial charge >= 0.3 is 0 Å². The quantitative estimate of drug-likeness (QED) is 0.549. The minimum absolute atomic E-state index is 0.466. The molecular weight excluding hydrogens is 247 g/mol. The average molecular weight is 263 g/mol. The summed E-state index contributed by atoms with van der Waals surface area (Å²) >= 11 is 11.7. The van der Waals surface area contributed by atoms with Crippen LogP contribution in [0.3, 0.4) is 0 Å². The van der Waals surface area contributed by atoms with Crippen LogP contribution in [0.1, 0.15) is 18.4 Å². The highest BCUT2D eigenvalue weighted by atomic mass is 35.5. The Kier molecular flexibility index (Phi) is 6.62. The summed E-state index contributed by atoms with van der Waals surface area (Å²) in [5.74, 6) is 1.18. The van der Waals surface area contributed by atoms with Gasteiger partial charge in [-0.15, -0.1) is 11.6 Å². The summed E-state index contributed by atoms with van der Waals surface area (Å²) in [6, 6.07) is 5.61. The van der Waals surface area contributed by atoms with Gasteiger partial charge in [0.15, 0.2) is 0 Å². The minimum Gasteiger partial charge on any atom is -0.492 e. The largest absolute Gasteiger partial charge is 0.492 e. The van der Waals surface area contributed by atoms with Crippen molar-refractivity contribution < 1.29 is 9.47 Å². The number of hydrogen-bond acceptors (Lipinski definition) is 2. The van der Waals surface area contributed by atoms with Crippen LogP contribution in [0, 0.1) is 0 Å². The lowest BCUT2D eigenvalue weighted by Gasteiger charge is -2.08. The van der Waals surface area contributed by atoms with Crippen LogP contribution >= 0.6 is 23.2 Å². The van der Waals surface area contributed by atoms with Crippen LogP contribution in [0.25, 0.3) is 0 Å². The van der Waals surface area contributed by atoms with Crippen molar-refractivity contribution in [3.8, 4) is 5.75 Å². The highest BCUT2D eigenvalue weighted by Gasteiger charge is 2.02. The van der Waals surface area contributed by atoms with E-state index in [1.165, 1.54) is 0 Å². The van der Waals surface area contributed by atoms with E-state index in [-0.39, 0.29) is 0 Å². The van der Waals surface area contributed by atoms with E-state index in [0.717, 1.165) is 25.0 Å². The number of hydrogen-bond donors (Lipinski definition) is 0. The number of ether oxygens (including phenoxy) is 2. The highest BCUT2D eigenvalue weighted by molar-refractivity contribution is 6.32. The molecule has 0 aliphatic carbocycles. The molecule has 0 atom stereocenters. The van der Waals surface area contributed by atoms with E-state index in [2.05, 4.69) is 0 Å². The minimum atomic E-state index is 0.466. The molecule has 90 valence electrons. The second kappa shape index (κ2) is 7.77. The fourth-order valence-electron chi connectivity index (χ4n) is 1.28. The summed E-state index contributed by atoms with van der Waals surface area (Å²) in [5.41, 5.74) is 0.999. The number of methoxy groups -OCH3 is 1. The molecule has 1 aromatic rings. The number of unbranched alkanes of at least 4 members (excludes halogenated alkanes) is 1. The molecule has 0 aliphatic heterocycles. The van der Waals surface area contributed by atoms with Crippen LogP contribution in [-0.2, 0) is 10.6 Å². The molecule has 0 fully saturated rings. The van der Waals surface area contributed by atoms with Gasteiger partial charge in [0.05, 0.1) is 11.6 Å². The topological polar surface area (TPSA) is 18.5 Å². The first kappa shape index (κ1) is 13.6. The lowest BCUT2D eigenvalue weighted by molar-refractivity contribution is 0.184. The molecule has 0 amide bonds. The van der Waals surface area contributed by atoms with Gasteiger partial charge in [0.25, 0.3) is 0 Å². The molecule has 0 heterocycles. The fourth-order valence-corrected chi connectivity index (χ4v) is 1.70. The maximum absolute atomic E-state index is 6.04. The number of rotatable bonds is 7. The monoisotopic (exact) mass is 262 g/mol. The van der Waals surface area contributed by atoms with Gasteiger partial charge in [0.1, 0.15) is 5.75 Å². The fraction of sp³-hybridized carbons (Fsp3) is 0.500. The van der Waals surface area contributed by atoms with Crippen molar-refractivity contribution in [2.24, 2.45) is 0 Å². The van der Waals surface area contributed by atoms with E-state index in [0.29, 0.717) is 23.3 Å². The van der Waals surface area contributed by atoms with Crippen LogP contribution < -0.4 is 4.74 Å². The molecule has 4 heteroatoms. The predicted molar refractivity (Wildman–Crippen MR) is 67.6 cm³/mol. The van der Waals surface area contributed by atoms with Crippen molar-refractivity contribution in [3.05, 3.63) is 28.8 Å². The van der Waals surface area contributed by atoms with Crippen molar-refractivity contribution >= 4 is 23.2 Å². The van der Waals surface area contributed by atoms with Gasteiger partial charge in [-0.2, -0.15) is 0 Å². The van der Waals surface area contributed by atoms with Gasteiger partial charge in [0.2, 0.25) is 0 Å². The van der Waals surface area contributed by atoms with Gasteiger partial charge in [-0.05, 0) is 30.5 Å².